The van der Waals surface area contributed by atoms with Crippen LogP contribution in [0, 0.1) is 5.82 Å². The molecule has 0 unspecified atom stereocenters. The Morgan fingerprint density at radius 1 is 1.31 bits per heavy atom. The van der Waals surface area contributed by atoms with Crippen LogP contribution in [-0.4, -0.2) is 5.78 Å². The summed E-state index contributed by atoms with van der Waals surface area (Å²) in [5.74, 6) is -0.669. The number of rotatable bonds is 2. The molecule has 82 valence electrons. The van der Waals surface area contributed by atoms with E-state index in [1.54, 1.807) is 12.1 Å². The van der Waals surface area contributed by atoms with Crippen molar-refractivity contribution in [2.24, 2.45) is 0 Å². The normalized spacial score (nSPS) is 10.4. The van der Waals surface area contributed by atoms with Crippen LogP contribution >= 0.6 is 38.9 Å². The summed E-state index contributed by atoms with van der Waals surface area (Å²) in [7, 11) is 0. The van der Waals surface area contributed by atoms with Crippen LogP contribution < -0.4 is 0 Å². The largest absolute Gasteiger partial charge is 0.288 e. The van der Waals surface area contributed by atoms with Crippen molar-refractivity contribution >= 4 is 44.7 Å². The molecule has 0 saturated heterocycles. The summed E-state index contributed by atoms with van der Waals surface area (Å²) in [5, 5.41) is 0. The number of ketones is 1. The second kappa shape index (κ2) is 4.65. The Morgan fingerprint density at radius 2 is 2.06 bits per heavy atom. The van der Waals surface area contributed by atoms with E-state index in [1.807, 2.05) is 0 Å². The number of hydrogen-bond donors (Lipinski definition) is 0. The van der Waals surface area contributed by atoms with Crippen LogP contribution in [0.15, 0.2) is 34.8 Å². The summed E-state index contributed by atoms with van der Waals surface area (Å²) < 4.78 is 14.1. The first-order valence-electron chi connectivity index (χ1n) is 4.33. The second-order valence-electron chi connectivity index (χ2n) is 3.06. The molecule has 0 radical (unpaired) electrons. The van der Waals surface area contributed by atoms with E-state index < -0.39 is 5.82 Å². The fourth-order valence-electron chi connectivity index (χ4n) is 1.24. The third-order valence-electron chi connectivity index (χ3n) is 1.97. The Balaban J connectivity index is 2.45. The van der Waals surface area contributed by atoms with Crippen LogP contribution in [-0.2, 0) is 0 Å². The van der Waals surface area contributed by atoms with E-state index in [2.05, 4.69) is 15.9 Å². The molecule has 0 atom stereocenters. The Bertz CT molecular complexity index is 553. The van der Waals surface area contributed by atoms with E-state index in [0.717, 1.165) is 0 Å². The Morgan fingerprint density at radius 3 is 2.69 bits per heavy atom. The third kappa shape index (κ3) is 2.34. The van der Waals surface area contributed by atoms with Crippen LogP contribution in [0.3, 0.4) is 0 Å². The van der Waals surface area contributed by atoms with Crippen molar-refractivity contribution in [1.29, 1.82) is 0 Å². The van der Waals surface area contributed by atoms with Gasteiger partial charge in [0.1, 0.15) is 5.82 Å². The molecule has 1 heterocycles. The van der Waals surface area contributed by atoms with Gasteiger partial charge >= 0.3 is 0 Å². The zero-order valence-corrected chi connectivity index (χ0v) is 11.0. The van der Waals surface area contributed by atoms with Gasteiger partial charge in [-0.25, -0.2) is 4.39 Å². The van der Waals surface area contributed by atoms with Gasteiger partial charge in [0.15, 0.2) is 0 Å². The first kappa shape index (κ1) is 11.8. The van der Waals surface area contributed by atoms with Gasteiger partial charge in [-0.3, -0.25) is 4.79 Å². The molecule has 0 saturated carbocycles. The number of thiophene rings is 1. The van der Waals surface area contributed by atoms with Crippen LogP contribution in [0.2, 0.25) is 4.34 Å². The smallest absolute Gasteiger partial charge is 0.204 e. The molecule has 0 fully saturated rings. The lowest BCUT2D eigenvalue weighted by Gasteiger charge is -2.01. The molecule has 0 aliphatic carbocycles. The predicted octanol–water partition coefficient (Wildman–Crippen LogP) is 4.53. The van der Waals surface area contributed by atoms with E-state index in [9.17, 15) is 9.18 Å². The van der Waals surface area contributed by atoms with E-state index in [-0.39, 0.29) is 5.78 Å². The van der Waals surface area contributed by atoms with Crippen LogP contribution in [0.4, 0.5) is 4.39 Å². The lowest BCUT2D eigenvalue weighted by Crippen LogP contribution is -2.00. The average Bonchev–Trinajstić information content (AvgIpc) is 2.67. The molecule has 0 N–H and O–H groups in total. The zero-order valence-electron chi connectivity index (χ0n) is 7.84. The predicted molar refractivity (Wildman–Crippen MR) is 66.9 cm³/mol. The number of carbonyl (C=O) groups is 1. The molecule has 1 aromatic heterocycles. The molecule has 0 aliphatic rings. The fraction of sp³-hybridized carbons (Fsp3) is 0. The monoisotopic (exact) mass is 318 g/mol. The number of carbonyl (C=O) groups excluding carboxylic acids is 1. The highest BCUT2D eigenvalue weighted by molar-refractivity contribution is 9.10. The molecule has 1 nitrogen and oxygen atoms in total. The highest BCUT2D eigenvalue weighted by Gasteiger charge is 2.15. The van der Waals surface area contributed by atoms with Crippen molar-refractivity contribution in [3.05, 3.63) is 55.4 Å². The maximum Gasteiger partial charge on any atom is 0.204 e. The molecular weight excluding hydrogens is 315 g/mol. The van der Waals surface area contributed by atoms with Crippen molar-refractivity contribution in [3.8, 4) is 0 Å². The Kier molecular flexibility index (Phi) is 3.42. The third-order valence-corrected chi connectivity index (χ3v) is 3.89. The molecular formula is C11H5BrClFOS. The number of hydrogen-bond acceptors (Lipinski definition) is 2. The molecule has 0 bridgehead atoms. The van der Waals surface area contributed by atoms with Gasteiger partial charge in [-0.1, -0.05) is 27.5 Å². The van der Waals surface area contributed by atoms with Crippen LogP contribution in [0.25, 0.3) is 0 Å². The van der Waals surface area contributed by atoms with Crippen molar-refractivity contribution in [2.45, 2.75) is 0 Å². The lowest BCUT2D eigenvalue weighted by molar-refractivity contribution is 0.104. The van der Waals surface area contributed by atoms with Crippen LogP contribution in [0.1, 0.15) is 15.2 Å². The number of halogens is 3. The minimum absolute atomic E-state index is 0.233. The standard InChI is InChI=1S/C11H5BrClFOS/c12-8-2-1-6(14)5-7(8)11(15)9-3-4-10(13)16-9/h1-5H. The highest BCUT2D eigenvalue weighted by atomic mass is 79.9. The summed E-state index contributed by atoms with van der Waals surface area (Å²) in [6, 6.07) is 7.29. The van der Waals surface area contributed by atoms with Gasteiger partial charge in [-0.15, -0.1) is 11.3 Å². The summed E-state index contributed by atoms with van der Waals surface area (Å²) in [6.07, 6.45) is 0. The van der Waals surface area contributed by atoms with Gasteiger partial charge < -0.3 is 0 Å². The van der Waals surface area contributed by atoms with Crippen molar-refractivity contribution in [2.75, 3.05) is 0 Å². The summed E-state index contributed by atoms with van der Waals surface area (Å²) in [6.45, 7) is 0. The molecule has 5 heteroatoms. The quantitative estimate of drug-likeness (QED) is 0.743. The number of benzene rings is 1. The molecule has 0 spiro atoms. The lowest BCUT2D eigenvalue weighted by atomic mass is 10.1. The minimum Gasteiger partial charge on any atom is -0.288 e. The molecule has 0 aliphatic heterocycles. The van der Waals surface area contributed by atoms with Gasteiger partial charge in [-0.05, 0) is 30.3 Å². The van der Waals surface area contributed by atoms with Gasteiger partial charge in [0.05, 0.1) is 9.21 Å². The van der Waals surface area contributed by atoms with Crippen molar-refractivity contribution < 1.29 is 9.18 Å². The minimum atomic E-state index is -0.436. The molecule has 0 amide bonds. The fourth-order valence-corrected chi connectivity index (χ4v) is 2.66. The van der Waals surface area contributed by atoms with E-state index in [4.69, 9.17) is 11.6 Å². The van der Waals surface area contributed by atoms with E-state index >= 15 is 0 Å². The Labute approximate surface area is 109 Å². The first-order valence-corrected chi connectivity index (χ1v) is 6.32. The summed E-state index contributed by atoms with van der Waals surface area (Å²) in [4.78, 5) is 12.5. The van der Waals surface area contributed by atoms with Gasteiger partial charge in [0.2, 0.25) is 5.78 Å². The summed E-state index contributed by atoms with van der Waals surface area (Å²) >= 11 is 10.1. The highest BCUT2D eigenvalue weighted by Crippen LogP contribution is 2.27. The van der Waals surface area contributed by atoms with Gasteiger partial charge in [0.25, 0.3) is 0 Å². The van der Waals surface area contributed by atoms with Gasteiger partial charge in [0, 0.05) is 10.0 Å². The summed E-state index contributed by atoms with van der Waals surface area (Å²) in [5.41, 5.74) is 0.304. The molecule has 1 aromatic carbocycles. The molecule has 16 heavy (non-hydrogen) atoms. The van der Waals surface area contributed by atoms with Crippen molar-refractivity contribution in [3.63, 3.8) is 0 Å². The van der Waals surface area contributed by atoms with Crippen LogP contribution in [0.5, 0.6) is 0 Å². The van der Waals surface area contributed by atoms with E-state index in [1.165, 1.54) is 29.5 Å². The second-order valence-corrected chi connectivity index (χ2v) is 5.63. The maximum absolute atomic E-state index is 13.0. The van der Waals surface area contributed by atoms with Gasteiger partial charge in [-0.2, -0.15) is 0 Å². The molecule has 2 rings (SSSR count). The molecule has 2 aromatic rings. The SMILES string of the molecule is O=C(c1ccc(Cl)s1)c1cc(F)ccc1Br. The first-order chi connectivity index (χ1) is 7.58. The van der Waals surface area contributed by atoms with Crippen molar-refractivity contribution in [1.82, 2.24) is 0 Å². The zero-order chi connectivity index (χ0) is 11.7. The Hall–Kier alpha value is -0.710. The topological polar surface area (TPSA) is 17.1 Å². The maximum atomic E-state index is 13.0. The van der Waals surface area contributed by atoms with E-state index in [0.29, 0.717) is 19.2 Å². The average molecular weight is 320 g/mol.